The molecule has 0 spiro atoms. The molecule has 2 N–H and O–H groups in total. The Morgan fingerprint density at radius 1 is 1.41 bits per heavy atom. The van der Waals surface area contributed by atoms with Crippen LogP contribution in [0.25, 0.3) is 0 Å². The van der Waals surface area contributed by atoms with Crippen molar-refractivity contribution >= 4 is 30.7 Å². The standard InChI is InChI=1S/C15H31N3O2.2ClH/c1-13(14-5-4-6-16-12-14)11-15(19)17-7-8-18(2)9-10-20-3;;/h13-14,16H,4-12H2,1-3H3,(H,17,19);2*1H. The number of nitrogens with zero attached hydrogens (tertiary/aromatic N) is 1. The van der Waals surface area contributed by atoms with Crippen molar-refractivity contribution in [1.82, 2.24) is 15.5 Å². The lowest BCUT2D eigenvalue weighted by molar-refractivity contribution is -0.122. The van der Waals surface area contributed by atoms with Crippen molar-refractivity contribution < 1.29 is 9.53 Å². The normalized spacial score (nSPS) is 19.0. The third kappa shape index (κ3) is 10.6. The van der Waals surface area contributed by atoms with Crippen molar-refractivity contribution in [2.24, 2.45) is 11.8 Å². The highest BCUT2D eigenvalue weighted by molar-refractivity contribution is 5.85. The summed E-state index contributed by atoms with van der Waals surface area (Å²) in [4.78, 5) is 14.1. The molecule has 7 heteroatoms. The lowest BCUT2D eigenvalue weighted by Gasteiger charge is -2.28. The molecule has 22 heavy (non-hydrogen) atoms. The van der Waals surface area contributed by atoms with Crippen LogP contribution < -0.4 is 10.6 Å². The molecule has 0 aromatic carbocycles. The van der Waals surface area contributed by atoms with Crippen molar-refractivity contribution in [3.8, 4) is 0 Å². The topological polar surface area (TPSA) is 53.6 Å². The molecule has 1 amide bonds. The van der Waals surface area contributed by atoms with E-state index >= 15 is 0 Å². The van der Waals surface area contributed by atoms with Crippen molar-refractivity contribution in [1.29, 1.82) is 0 Å². The molecule has 0 aliphatic carbocycles. The van der Waals surface area contributed by atoms with Crippen molar-refractivity contribution in [3.63, 3.8) is 0 Å². The number of carbonyl (C=O) groups excluding carboxylic acids is 1. The maximum atomic E-state index is 11.9. The van der Waals surface area contributed by atoms with E-state index in [-0.39, 0.29) is 30.7 Å². The average molecular weight is 358 g/mol. The largest absolute Gasteiger partial charge is 0.383 e. The molecule has 0 bridgehead atoms. The summed E-state index contributed by atoms with van der Waals surface area (Å²) >= 11 is 0. The van der Waals surface area contributed by atoms with Crippen molar-refractivity contribution in [2.45, 2.75) is 26.2 Å². The maximum absolute atomic E-state index is 11.9. The first-order valence-electron chi connectivity index (χ1n) is 7.78. The summed E-state index contributed by atoms with van der Waals surface area (Å²) in [6, 6.07) is 0. The van der Waals surface area contributed by atoms with Gasteiger partial charge in [-0.15, -0.1) is 24.8 Å². The molecule has 1 rings (SSSR count). The highest BCUT2D eigenvalue weighted by Crippen LogP contribution is 2.22. The van der Waals surface area contributed by atoms with Crippen LogP contribution in [0.3, 0.4) is 0 Å². The van der Waals surface area contributed by atoms with E-state index in [0.29, 0.717) is 24.8 Å². The number of amides is 1. The van der Waals surface area contributed by atoms with E-state index in [1.807, 2.05) is 7.05 Å². The molecule has 5 nitrogen and oxygen atoms in total. The van der Waals surface area contributed by atoms with Crippen LogP contribution in [0.5, 0.6) is 0 Å². The monoisotopic (exact) mass is 357 g/mol. The number of halogens is 2. The second-order valence-electron chi connectivity index (χ2n) is 5.93. The highest BCUT2D eigenvalue weighted by Gasteiger charge is 2.21. The number of rotatable bonds is 9. The third-order valence-corrected chi connectivity index (χ3v) is 4.14. The SMILES string of the molecule is COCCN(C)CCNC(=O)CC(C)C1CCCNC1.Cl.Cl. The second-order valence-corrected chi connectivity index (χ2v) is 5.93. The zero-order valence-electron chi connectivity index (χ0n) is 14.1. The Morgan fingerprint density at radius 2 is 2.14 bits per heavy atom. The van der Waals surface area contributed by atoms with E-state index in [9.17, 15) is 4.79 Å². The van der Waals surface area contributed by atoms with Gasteiger partial charge in [-0.05, 0) is 44.8 Å². The van der Waals surface area contributed by atoms with Crippen LogP contribution >= 0.6 is 24.8 Å². The first kappa shape index (κ1) is 24.2. The molecule has 1 fully saturated rings. The fourth-order valence-corrected chi connectivity index (χ4v) is 2.64. The van der Waals surface area contributed by atoms with E-state index < -0.39 is 0 Å². The molecule has 0 radical (unpaired) electrons. The third-order valence-electron chi connectivity index (χ3n) is 4.14. The Hall–Kier alpha value is -0.0700. The molecule has 1 heterocycles. The van der Waals surface area contributed by atoms with Gasteiger partial charge >= 0.3 is 0 Å². The lowest BCUT2D eigenvalue weighted by Crippen LogP contribution is -2.37. The van der Waals surface area contributed by atoms with Crippen LogP contribution in [-0.4, -0.2) is 64.3 Å². The Bertz CT molecular complexity index is 278. The maximum Gasteiger partial charge on any atom is 0.220 e. The van der Waals surface area contributed by atoms with Crippen LogP contribution in [0.15, 0.2) is 0 Å². The predicted molar refractivity (Wildman–Crippen MR) is 96.3 cm³/mol. The number of hydrogen-bond acceptors (Lipinski definition) is 4. The summed E-state index contributed by atoms with van der Waals surface area (Å²) in [6.07, 6.45) is 3.14. The van der Waals surface area contributed by atoms with Gasteiger partial charge in [-0.25, -0.2) is 0 Å². The fourth-order valence-electron chi connectivity index (χ4n) is 2.64. The van der Waals surface area contributed by atoms with Gasteiger partial charge in [-0.3, -0.25) is 4.79 Å². The summed E-state index contributed by atoms with van der Waals surface area (Å²) in [7, 11) is 3.75. The van der Waals surface area contributed by atoms with Gasteiger partial charge in [0, 0.05) is 33.2 Å². The van der Waals surface area contributed by atoms with Crippen LogP contribution in [0.2, 0.25) is 0 Å². The van der Waals surface area contributed by atoms with Crippen LogP contribution in [0, 0.1) is 11.8 Å². The number of hydrogen-bond donors (Lipinski definition) is 2. The van der Waals surface area contributed by atoms with Gasteiger partial charge in [-0.2, -0.15) is 0 Å². The van der Waals surface area contributed by atoms with E-state index in [0.717, 1.165) is 32.8 Å². The molecule has 1 aliphatic rings. The molecule has 1 saturated heterocycles. The van der Waals surface area contributed by atoms with E-state index in [1.165, 1.54) is 12.8 Å². The quantitative estimate of drug-likeness (QED) is 0.657. The van der Waals surface area contributed by atoms with Gasteiger partial charge in [0.05, 0.1) is 6.61 Å². The summed E-state index contributed by atoms with van der Waals surface area (Å²) in [5.41, 5.74) is 0. The second kappa shape index (κ2) is 14.5. The summed E-state index contributed by atoms with van der Waals surface area (Å²) in [5.74, 6) is 1.30. The van der Waals surface area contributed by atoms with Gasteiger partial charge in [-0.1, -0.05) is 6.92 Å². The summed E-state index contributed by atoms with van der Waals surface area (Å²) in [6.45, 7) is 7.61. The molecule has 0 aromatic heterocycles. The number of piperidine rings is 1. The minimum Gasteiger partial charge on any atom is -0.383 e. The summed E-state index contributed by atoms with van der Waals surface area (Å²) < 4.78 is 5.02. The first-order valence-corrected chi connectivity index (χ1v) is 7.78. The van der Waals surface area contributed by atoms with Crippen LogP contribution in [0.1, 0.15) is 26.2 Å². The van der Waals surface area contributed by atoms with Gasteiger partial charge < -0.3 is 20.3 Å². The van der Waals surface area contributed by atoms with E-state index in [2.05, 4.69) is 22.5 Å². The number of methoxy groups -OCH3 is 1. The molecule has 134 valence electrons. The van der Waals surface area contributed by atoms with Gasteiger partial charge in [0.2, 0.25) is 5.91 Å². The Morgan fingerprint density at radius 3 is 2.73 bits per heavy atom. The fraction of sp³-hybridized carbons (Fsp3) is 0.933. The van der Waals surface area contributed by atoms with Crippen LogP contribution in [-0.2, 0) is 9.53 Å². The highest BCUT2D eigenvalue weighted by atomic mass is 35.5. The van der Waals surface area contributed by atoms with Crippen LogP contribution in [0.4, 0.5) is 0 Å². The molecular formula is C15H33Cl2N3O2. The van der Waals surface area contributed by atoms with E-state index in [1.54, 1.807) is 7.11 Å². The lowest BCUT2D eigenvalue weighted by atomic mass is 9.85. The Kier molecular flexibility index (Phi) is 16.0. The molecule has 1 aliphatic heterocycles. The predicted octanol–water partition coefficient (Wildman–Crippen LogP) is 1.55. The molecular weight excluding hydrogens is 325 g/mol. The zero-order chi connectivity index (χ0) is 14.8. The van der Waals surface area contributed by atoms with Gasteiger partial charge in [0.15, 0.2) is 0 Å². The van der Waals surface area contributed by atoms with Gasteiger partial charge in [0.1, 0.15) is 0 Å². The molecule has 2 atom stereocenters. The minimum atomic E-state index is 0. The Labute approximate surface area is 147 Å². The number of carbonyl (C=O) groups is 1. The van der Waals surface area contributed by atoms with Crippen molar-refractivity contribution in [2.75, 3.05) is 53.5 Å². The zero-order valence-corrected chi connectivity index (χ0v) is 15.7. The summed E-state index contributed by atoms with van der Waals surface area (Å²) in [5, 5.41) is 6.43. The number of nitrogens with one attached hydrogen (secondary N) is 2. The molecule has 2 unspecified atom stereocenters. The smallest absolute Gasteiger partial charge is 0.220 e. The first-order chi connectivity index (χ1) is 9.63. The average Bonchev–Trinajstić information content (AvgIpc) is 2.46. The Balaban J connectivity index is 0. The minimum absolute atomic E-state index is 0. The van der Waals surface area contributed by atoms with E-state index in [4.69, 9.17) is 4.74 Å². The molecule has 0 saturated carbocycles. The van der Waals surface area contributed by atoms with Crippen molar-refractivity contribution in [3.05, 3.63) is 0 Å². The number of ether oxygens (including phenoxy) is 1. The number of likely N-dealkylation sites (N-methyl/N-ethyl adjacent to an activating group) is 1. The molecule has 0 aromatic rings. The van der Waals surface area contributed by atoms with Gasteiger partial charge in [0.25, 0.3) is 0 Å².